The van der Waals surface area contributed by atoms with Gasteiger partial charge in [-0.1, -0.05) is 26.3 Å². The van der Waals surface area contributed by atoms with Crippen LogP contribution in [0.15, 0.2) is 18.2 Å². The Morgan fingerprint density at radius 3 is 2.61 bits per heavy atom. The van der Waals surface area contributed by atoms with Gasteiger partial charge in [-0.15, -0.1) is 0 Å². The molecule has 0 amide bonds. The van der Waals surface area contributed by atoms with Gasteiger partial charge in [-0.2, -0.15) is 0 Å². The average molecular weight is 253 g/mol. The summed E-state index contributed by atoms with van der Waals surface area (Å²) >= 11 is 0. The van der Waals surface area contributed by atoms with Crippen LogP contribution in [0.3, 0.4) is 0 Å². The van der Waals surface area contributed by atoms with E-state index in [-0.39, 0.29) is 11.3 Å². The van der Waals surface area contributed by atoms with Gasteiger partial charge in [0.2, 0.25) is 0 Å². The largest absolute Gasteiger partial charge is 0.478 e. The van der Waals surface area contributed by atoms with Gasteiger partial charge in [0.1, 0.15) is 5.82 Å². The van der Waals surface area contributed by atoms with Crippen molar-refractivity contribution in [3.63, 3.8) is 0 Å². The first-order valence-corrected chi connectivity index (χ1v) is 6.27. The molecule has 0 aliphatic heterocycles. The number of carboxylic acid groups (broad SMARTS) is 1. The molecule has 3 nitrogen and oxygen atoms in total. The summed E-state index contributed by atoms with van der Waals surface area (Å²) < 4.78 is 13.9. The second kappa shape index (κ2) is 6.38. The van der Waals surface area contributed by atoms with E-state index in [1.165, 1.54) is 18.2 Å². The van der Waals surface area contributed by atoms with Crippen molar-refractivity contribution >= 4 is 11.7 Å². The van der Waals surface area contributed by atoms with Crippen molar-refractivity contribution in [1.82, 2.24) is 0 Å². The number of para-hydroxylation sites is 1. The maximum atomic E-state index is 13.9. The van der Waals surface area contributed by atoms with Crippen molar-refractivity contribution in [2.75, 3.05) is 18.0 Å². The van der Waals surface area contributed by atoms with E-state index >= 15 is 0 Å². The van der Waals surface area contributed by atoms with E-state index < -0.39 is 11.8 Å². The maximum absolute atomic E-state index is 13.9. The molecule has 1 unspecified atom stereocenters. The lowest BCUT2D eigenvalue weighted by atomic mass is 10.1. The third-order valence-electron chi connectivity index (χ3n) is 3.14. The Balaban J connectivity index is 3.15. The molecule has 1 aromatic rings. The second-order valence-electron chi connectivity index (χ2n) is 4.49. The van der Waals surface area contributed by atoms with Gasteiger partial charge in [-0.25, -0.2) is 9.18 Å². The summed E-state index contributed by atoms with van der Waals surface area (Å²) in [6, 6.07) is 4.18. The molecule has 0 bridgehead atoms. The Bertz CT molecular complexity index is 420. The molecule has 18 heavy (non-hydrogen) atoms. The van der Waals surface area contributed by atoms with E-state index in [1.807, 2.05) is 6.92 Å². The second-order valence-corrected chi connectivity index (χ2v) is 4.49. The third kappa shape index (κ3) is 3.22. The maximum Gasteiger partial charge on any atom is 0.337 e. The Morgan fingerprint density at radius 2 is 2.11 bits per heavy atom. The van der Waals surface area contributed by atoms with Gasteiger partial charge < -0.3 is 10.0 Å². The van der Waals surface area contributed by atoms with Crippen molar-refractivity contribution in [2.24, 2.45) is 5.92 Å². The van der Waals surface area contributed by atoms with Gasteiger partial charge in [-0.05, 0) is 25.0 Å². The first kappa shape index (κ1) is 14.5. The van der Waals surface area contributed by atoms with Crippen LogP contribution in [0.25, 0.3) is 0 Å². The monoisotopic (exact) mass is 253 g/mol. The molecule has 0 saturated heterocycles. The summed E-state index contributed by atoms with van der Waals surface area (Å²) in [6.07, 6.45) is 0.980. The molecule has 1 rings (SSSR count). The molecular formula is C14H20FNO2. The molecule has 0 aliphatic carbocycles. The summed E-state index contributed by atoms with van der Waals surface area (Å²) in [7, 11) is 0. The van der Waals surface area contributed by atoms with E-state index in [2.05, 4.69) is 13.8 Å². The van der Waals surface area contributed by atoms with Crippen LogP contribution in [0.1, 0.15) is 37.6 Å². The first-order valence-electron chi connectivity index (χ1n) is 6.27. The van der Waals surface area contributed by atoms with E-state index in [0.717, 1.165) is 6.42 Å². The molecule has 0 spiro atoms. The molecule has 1 aromatic carbocycles. The third-order valence-corrected chi connectivity index (χ3v) is 3.14. The van der Waals surface area contributed by atoms with Gasteiger partial charge in [0.25, 0.3) is 0 Å². The summed E-state index contributed by atoms with van der Waals surface area (Å²) in [6.45, 7) is 7.29. The van der Waals surface area contributed by atoms with Gasteiger partial charge >= 0.3 is 5.97 Å². The zero-order valence-corrected chi connectivity index (χ0v) is 11.1. The number of benzene rings is 1. The highest BCUT2D eigenvalue weighted by molar-refractivity contribution is 5.94. The Morgan fingerprint density at radius 1 is 1.44 bits per heavy atom. The highest BCUT2D eigenvalue weighted by atomic mass is 19.1. The number of anilines is 1. The van der Waals surface area contributed by atoms with Crippen molar-refractivity contribution in [3.05, 3.63) is 29.6 Å². The summed E-state index contributed by atoms with van der Waals surface area (Å²) in [5.74, 6) is -1.17. The van der Waals surface area contributed by atoms with Gasteiger partial charge in [-0.3, -0.25) is 0 Å². The van der Waals surface area contributed by atoms with Crippen LogP contribution in [0.5, 0.6) is 0 Å². The predicted octanol–water partition coefficient (Wildman–Crippen LogP) is 3.40. The topological polar surface area (TPSA) is 40.5 Å². The van der Waals surface area contributed by atoms with Crippen molar-refractivity contribution in [2.45, 2.75) is 27.2 Å². The number of carboxylic acids is 1. The molecule has 0 fully saturated rings. The number of aromatic carboxylic acids is 1. The van der Waals surface area contributed by atoms with E-state index in [4.69, 9.17) is 5.11 Å². The quantitative estimate of drug-likeness (QED) is 0.844. The highest BCUT2D eigenvalue weighted by Gasteiger charge is 2.20. The van der Waals surface area contributed by atoms with Crippen molar-refractivity contribution in [1.29, 1.82) is 0 Å². The van der Waals surface area contributed by atoms with Crippen LogP contribution in [0, 0.1) is 11.7 Å². The molecule has 0 saturated carbocycles. The zero-order valence-electron chi connectivity index (χ0n) is 11.1. The van der Waals surface area contributed by atoms with E-state index in [1.54, 1.807) is 4.90 Å². The van der Waals surface area contributed by atoms with Crippen LogP contribution in [-0.2, 0) is 0 Å². The molecule has 0 radical (unpaired) electrons. The molecule has 4 heteroatoms. The number of halogens is 1. The van der Waals surface area contributed by atoms with Crippen molar-refractivity contribution in [3.8, 4) is 0 Å². The Kier molecular flexibility index (Phi) is 5.13. The highest BCUT2D eigenvalue weighted by Crippen LogP contribution is 2.25. The molecule has 0 aromatic heterocycles. The molecule has 1 N–H and O–H groups in total. The van der Waals surface area contributed by atoms with Crippen LogP contribution in [-0.4, -0.2) is 24.2 Å². The molecular weight excluding hydrogens is 233 g/mol. The molecule has 100 valence electrons. The fraction of sp³-hybridized carbons (Fsp3) is 0.500. The summed E-state index contributed by atoms with van der Waals surface area (Å²) in [5.41, 5.74) is 0.230. The number of carbonyl (C=O) groups is 1. The van der Waals surface area contributed by atoms with Gasteiger partial charge in [0.05, 0.1) is 11.3 Å². The van der Waals surface area contributed by atoms with Gasteiger partial charge in [0.15, 0.2) is 0 Å². The fourth-order valence-corrected chi connectivity index (χ4v) is 1.89. The van der Waals surface area contributed by atoms with E-state index in [0.29, 0.717) is 19.0 Å². The summed E-state index contributed by atoms with van der Waals surface area (Å²) in [5, 5.41) is 9.13. The van der Waals surface area contributed by atoms with Gasteiger partial charge in [0, 0.05) is 13.1 Å². The molecule has 0 heterocycles. The average Bonchev–Trinajstić information content (AvgIpc) is 2.35. The SMILES string of the molecule is CCC(C)CN(CC)c1c(F)cccc1C(=O)O. The summed E-state index contributed by atoms with van der Waals surface area (Å²) in [4.78, 5) is 13.0. The van der Waals surface area contributed by atoms with E-state index in [9.17, 15) is 9.18 Å². The lowest BCUT2D eigenvalue weighted by Crippen LogP contribution is -2.30. The molecule has 0 aliphatic rings. The Labute approximate surface area is 107 Å². The number of nitrogens with zero attached hydrogens (tertiary/aromatic N) is 1. The standard InChI is InChI=1S/C14H20FNO2/c1-4-10(3)9-16(5-2)13-11(14(17)18)7-6-8-12(13)15/h6-8,10H,4-5,9H2,1-3H3,(H,17,18). The number of hydrogen-bond acceptors (Lipinski definition) is 2. The Hall–Kier alpha value is -1.58. The lowest BCUT2D eigenvalue weighted by Gasteiger charge is -2.27. The minimum absolute atomic E-state index is 0.0279. The number of hydrogen-bond donors (Lipinski definition) is 1. The zero-order chi connectivity index (χ0) is 13.7. The van der Waals surface area contributed by atoms with Crippen LogP contribution in [0.2, 0.25) is 0 Å². The first-order chi connectivity index (χ1) is 8.51. The lowest BCUT2D eigenvalue weighted by molar-refractivity contribution is 0.0697. The minimum Gasteiger partial charge on any atom is -0.478 e. The minimum atomic E-state index is -1.09. The smallest absolute Gasteiger partial charge is 0.337 e. The number of rotatable bonds is 6. The van der Waals surface area contributed by atoms with Crippen LogP contribution in [0.4, 0.5) is 10.1 Å². The van der Waals surface area contributed by atoms with Crippen LogP contribution >= 0.6 is 0 Å². The molecule has 1 atom stereocenters. The fourth-order valence-electron chi connectivity index (χ4n) is 1.89. The van der Waals surface area contributed by atoms with Crippen LogP contribution < -0.4 is 4.90 Å². The van der Waals surface area contributed by atoms with Crippen molar-refractivity contribution < 1.29 is 14.3 Å². The normalized spacial score (nSPS) is 12.2. The predicted molar refractivity (Wildman–Crippen MR) is 70.7 cm³/mol.